The van der Waals surface area contributed by atoms with E-state index in [4.69, 9.17) is 0 Å². The maximum Gasteiger partial charge on any atom is 0.108 e. The number of hydrogen-bond donors (Lipinski definition) is 0. The standard InChI is InChI=1S/C10H13N3S/c1-3-14-7-13-10-4-8(2)5-11-9(10)6-12-13/h4-6H,3,7H2,1-2H3. The first-order valence-electron chi connectivity index (χ1n) is 4.67. The van der Waals surface area contributed by atoms with Crippen LogP contribution in [0.3, 0.4) is 0 Å². The summed E-state index contributed by atoms with van der Waals surface area (Å²) in [6.07, 6.45) is 3.70. The van der Waals surface area contributed by atoms with E-state index < -0.39 is 0 Å². The molecule has 74 valence electrons. The SMILES string of the molecule is CCSCn1ncc2ncc(C)cc21. The van der Waals surface area contributed by atoms with Crippen molar-refractivity contribution in [3.63, 3.8) is 0 Å². The zero-order valence-electron chi connectivity index (χ0n) is 8.40. The maximum atomic E-state index is 4.32. The van der Waals surface area contributed by atoms with Gasteiger partial charge in [-0.15, -0.1) is 11.8 Å². The summed E-state index contributed by atoms with van der Waals surface area (Å²) in [5.74, 6) is 2.02. The van der Waals surface area contributed by atoms with Crippen LogP contribution in [0.25, 0.3) is 11.0 Å². The lowest BCUT2D eigenvalue weighted by atomic mass is 10.3. The fourth-order valence-corrected chi connectivity index (χ4v) is 1.90. The van der Waals surface area contributed by atoms with Gasteiger partial charge in [-0.2, -0.15) is 5.10 Å². The zero-order chi connectivity index (χ0) is 9.97. The van der Waals surface area contributed by atoms with E-state index in [9.17, 15) is 0 Å². The highest BCUT2D eigenvalue weighted by Gasteiger charge is 2.02. The quantitative estimate of drug-likeness (QED) is 0.774. The van der Waals surface area contributed by atoms with Crippen molar-refractivity contribution < 1.29 is 0 Å². The molecule has 0 atom stereocenters. The molecule has 0 amide bonds. The minimum Gasteiger partial charge on any atom is -0.253 e. The van der Waals surface area contributed by atoms with Crippen molar-refractivity contribution in [3.8, 4) is 0 Å². The van der Waals surface area contributed by atoms with Crippen LogP contribution in [-0.2, 0) is 5.88 Å². The second-order valence-corrected chi connectivity index (χ2v) is 4.43. The van der Waals surface area contributed by atoms with Gasteiger partial charge < -0.3 is 0 Å². The lowest BCUT2D eigenvalue weighted by Gasteiger charge is -2.01. The normalized spacial score (nSPS) is 11.0. The number of aryl methyl sites for hydroxylation is 1. The Kier molecular flexibility index (Phi) is 2.72. The summed E-state index contributed by atoms with van der Waals surface area (Å²) in [4.78, 5) is 4.32. The van der Waals surface area contributed by atoms with Crippen molar-refractivity contribution in [1.82, 2.24) is 14.8 Å². The monoisotopic (exact) mass is 207 g/mol. The van der Waals surface area contributed by atoms with Crippen LogP contribution in [0.2, 0.25) is 0 Å². The van der Waals surface area contributed by atoms with Crippen LogP contribution >= 0.6 is 11.8 Å². The molecule has 4 heteroatoms. The summed E-state index contributed by atoms with van der Waals surface area (Å²) in [6.45, 7) is 4.20. The molecule has 0 N–H and O–H groups in total. The van der Waals surface area contributed by atoms with E-state index in [2.05, 4.69) is 30.0 Å². The van der Waals surface area contributed by atoms with Gasteiger partial charge in [-0.05, 0) is 24.3 Å². The summed E-state index contributed by atoms with van der Waals surface area (Å²) >= 11 is 1.86. The van der Waals surface area contributed by atoms with E-state index in [0.29, 0.717) is 0 Å². The van der Waals surface area contributed by atoms with Crippen LogP contribution in [0, 0.1) is 6.92 Å². The van der Waals surface area contributed by atoms with E-state index in [1.807, 2.05) is 28.8 Å². The van der Waals surface area contributed by atoms with Crippen LogP contribution in [0.4, 0.5) is 0 Å². The van der Waals surface area contributed by atoms with Gasteiger partial charge in [0.1, 0.15) is 5.52 Å². The van der Waals surface area contributed by atoms with Crippen molar-refractivity contribution in [1.29, 1.82) is 0 Å². The fraction of sp³-hybridized carbons (Fsp3) is 0.400. The Morgan fingerprint density at radius 1 is 1.43 bits per heavy atom. The molecule has 0 unspecified atom stereocenters. The van der Waals surface area contributed by atoms with Gasteiger partial charge >= 0.3 is 0 Å². The van der Waals surface area contributed by atoms with Gasteiger partial charge in [0.15, 0.2) is 0 Å². The van der Waals surface area contributed by atoms with E-state index in [-0.39, 0.29) is 0 Å². The number of fused-ring (bicyclic) bond motifs is 1. The van der Waals surface area contributed by atoms with Crippen LogP contribution in [-0.4, -0.2) is 20.5 Å². The molecule has 0 bridgehead atoms. The Balaban J connectivity index is 2.40. The number of pyridine rings is 1. The highest BCUT2D eigenvalue weighted by molar-refractivity contribution is 7.98. The minimum atomic E-state index is 0.908. The molecule has 0 saturated heterocycles. The molecular weight excluding hydrogens is 194 g/mol. The third-order valence-electron chi connectivity index (χ3n) is 2.05. The van der Waals surface area contributed by atoms with Gasteiger partial charge in [-0.3, -0.25) is 9.67 Å². The second kappa shape index (κ2) is 4.00. The first-order chi connectivity index (χ1) is 6.81. The fourth-order valence-electron chi connectivity index (χ4n) is 1.34. The summed E-state index contributed by atoms with van der Waals surface area (Å²) < 4.78 is 2.00. The van der Waals surface area contributed by atoms with Crippen molar-refractivity contribution in [2.75, 3.05) is 5.75 Å². The number of thioether (sulfide) groups is 1. The molecule has 2 rings (SSSR count). The Bertz CT molecular complexity index is 436. The smallest absolute Gasteiger partial charge is 0.108 e. The number of rotatable bonds is 3. The van der Waals surface area contributed by atoms with Crippen molar-refractivity contribution in [3.05, 3.63) is 24.0 Å². The molecule has 0 fully saturated rings. The van der Waals surface area contributed by atoms with Gasteiger partial charge in [-0.1, -0.05) is 6.92 Å². The Hall–Kier alpha value is -1.03. The van der Waals surface area contributed by atoms with Crippen LogP contribution < -0.4 is 0 Å². The largest absolute Gasteiger partial charge is 0.253 e. The topological polar surface area (TPSA) is 30.7 Å². The highest BCUT2D eigenvalue weighted by atomic mass is 32.2. The number of nitrogens with zero attached hydrogens (tertiary/aromatic N) is 3. The van der Waals surface area contributed by atoms with Crippen molar-refractivity contribution in [2.24, 2.45) is 0 Å². The zero-order valence-corrected chi connectivity index (χ0v) is 9.21. The Morgan fingerprint density at radius 3 is 3.07 bits per heavy atom. The molecule has 0 aliphatic heterocycles. The van der Waals surface area contributed by atoms with Crippen molar-refractivity contribution in [2.45, 2.75) is 19.7 Å². The van der Waals surface area contributed by atoms with Crippen LogP contribution in [0.5, 0.6) is 0 Å². The Morgan fingerprint density at radius 2 is 2.29 bits per heavy atom. The van der Waals surface area contributed by atoms with E-state index in [0.717, 1.165) is 22.7 Å². The average molecular weight is 207 g/mol. The predicted octanol–water partition coefficient (Wildman–Crippen LogP) is 2.45. The van der Waals surface area contributed by atoms with E-state index in [1.165, 1.54) is 5.56 Å². The summed E-state index contributed by atoms with van der Waals surface area (Å²) in [5, 5.41) is 4.31. The lowest BCUT2D eigenvalue weighted by Crippen LogP contribution is -1.96. The van der Waals surface area contributed by atoms with Gasteiger partial charge in [0.2, 0.25) is 0 Å². The van der Waals surface area contributed by atoms with Gasteiger partial charge in [0, 0.05) is 6.20 Å². The first kappa shape index (κ1) is 9.52. The lowest BCUT2D eigenvalue weighted by molar-refractivity contribution is 0.779. The molecule has 0 aromatic carbocycles. The molecular formula is C10H13N3S. The van der Waals surface area contributed by atoms with Crippen LogP contribution in [0.15, 0.2) is 18.5 Å². The molecule has 0 spiro atoms. The summed E-state index contributed by atoms with van der Waals surface area (Å²) in [7, 11) is 0. The summed E-state index contributed by atoms with van der Waals surface area (Å²) in [6, 6.07) is 2.13. The summed E-state index contributed by atoms with van der Waals surface area (Å²) in [5.41, 5.74) is 3.29. The molecule has 0 aliphatic rings. The van der Waals surface area contributed by atoms with Gasteiger partial charge in [0.25, 0.3) is 0 Å². The van der Waals surface area contributed by atoms with Gasteiger partial charge in [0.05, 0.1) is 17.6 Å². The third kappa shape index (κ3) is 1.75. The molecule has 14 heavy (non-hydrogen) atoms. The molecule has 2 aromatic heterocycles. The van der Waals surface area contributed by atoms with Crippen LogP contribution in [0.1, 0.15) is 12.5 Å². The molecule has 2 heterocycles. The number of aromatic nitrogens is 3. The van der Waals surface area contributed by atoms with E-state index >= 15 is 0 Å². The first-order valence-corrected chi connectivity index (χ1v) is 5.82. The molecule has 3 nitrogen and oxygen atoms in total. The minimum absolute atomic E-state index is 0.908. The average Bonchev–Trinajstić information content (AvgIpc) is 2.57. The molecule has 2 aromatic rings. The van der Waals surface area contributed by atoms with Crippen molar-refractivity contribution >= 4 is 22.8 Å². The molecule has 0 radical (unpaired) electrons. The maximum absolute atomic E-state index is 4.32. The predicted molar refractivity (Wildman–Crippen MR) is 60.4 cm³/mol. The molecule has 0 saturated carbocycles. The van der Waals surface area contributed by atoms with Gasteiger partial charge in [-0.25, -0.2) is 0 Å². The van der Waals surface area contributed by atoms with E-state index in [1.54, 1.807) is 0 Å². The third-order valence-corrected chi connectivity index (χ3v) is 2.88. The highest BCUT2D eigenvalue weighted by Crippen LogP contribution is 2.15. The Labute approximate surface area is 87.5 Å². The number of hydrogen-bond acceptors (Lipinski definition) is 3. The second-order valence-electron chi connectivity index (χ2n) is 3.18. The molecule has 0 aliphatic carbocycles.